The molecule has 1 unspecified atom stereocenters. The van der Waals surface area contributed by atoms with Crippen LogP contribution in [0.25, 0.3) is 0 Å². The highest BCUT2D eigenvalue weighted by Gasteiger charge is 2.36. The first-order chi connectivity index (χ1) is 10.0. The van der Waals surface area contributed by atoms with E-state index in [9.17, 15) is 8.42 Å². The lowest BCUT2D eigenvalue weighted by Gasteiger charge is -2.26. The number of methoxy groups -OCH3 is 1. The lowest BCUT2D eigenvalue weighted by Crippen LogP contribution is -2.44. The summed E-state index contributed by atoms with van der Waals surface area (Å²) in [5.41, 5.74) is -0.404. The Bertz CT molecular complexity index is 568. The Kier molecular flexibility index (Phi) is 5.54. The number of sulfonamides is 1. The van der Waals surface area contributed by atoms with Crippen molar-refractivity contribution in [3.63, 3.8) is 0 Å². The van der Waals surface area contributed by atoms with Gasteiger partial charge in [-0.3, -0.25) is 0 Å². The molecule has 1 N–H and O–H groups in total. The van der Waals surface area contributed by atoms with Gasteiger partial charge in [-0.2, -0.15) is 11.8 Å². The van der Waals surface area contributed by atoms with Gasteiger partial charge in [0.05, 0.1) is 12.2 Å². The number of thioether (sulfide) groups is 1. The lowest BCUT2D eigenvalue weighted by atomic mass is 10.0. The molecular weight excluding hydrogens is 310 g/mol. The molecule has 118 valence electrons. The summed E-state index contributed by atoms with van der Waals surface area (Å²) in [6.45, 7) is 2.52. The van der Waals surface area contributed by atoms with Crippen LogP contribution >= 0.6 is 11.8 Å². The first-order valence-electron chi connectivity index (χ1n) is 6.87. The van der Waals surface area contributed by atoms with E-state index in [1.165, 1.54) is 0 Å². The van der Waals surface area contributed by atoms with Crippen LogP contribution in [0.5, 0.6) is 5.75 Å². The van der Waals surface area contributed by atoms with Gasteiger partial charge in [-0.1, -0.05) is 12.1 Å². The SMILES string of the molecule is CCOc1ccccc1S(=O)(=O)NCC1(OC)CCSC1. The Balaban J connectivity index is 2.15. The maximum Gasteiger partial charge on any atom is 0.244 e. The Labute approximate surface area is 130 Å². The second-order valence-corrected chi connectivity index (χ2v) is 7.73. The number of hydrogen-bond donors (Lipinski definition) is 1. The molecule has 0 aromatic heterocycles. The van der Waals surface area contributed by atoms with Crippen LogP contribution in [-0.4, -0.2) is 45.8 Å². The van der Waals surface area contributed by atoms with Gasteiger partial charge in [0.15, 0.2) is 0 Å². The van der Waals surface area contributed by atoms with Crippen LogP contribution in [0.15, 0.2) is 29.2 Å². The number of benzene rings is 1. The number of nitrogens with one attached hydrogen (secondary N) is 1. The first-order valence-corrected chi connectivity index (χ1v) is 9.51. The summed E-state index contributed by atoms with van der Waals surface area (Å²) in [5, 5.41) is 0. The molecule has 1 aromatic carbocycles. The van der Waals surface area contributed by atoms with Gasteiger partial charge in [0.1, 0.15) is 10.6 Å². The molecule has 0 radical (unpaired) electrons. The fourth-order valence-electron chi connectivity index (χ4n) is 2.21. The molecule has 0 spiro atoms. The van der Waals surface area contributed by atoms with Crippen molar-refractivity contribution in [3.05, 3.63) is 24.3 Å². The van der Waals surface area contributed by atoms with Crippen molar-refractivity contribution in [2.75, 3.05) is 31.8 Å². The van der Waals surface area contributed by atoms with Crippen LogP contribution in [0, 0.1) is 0 Å². The Morgan fingerprint density at radius 1 is 1.38 bits per heavy atom. The van der Waals surface area contributed by atoms with E-state index in [2.05, 4.69) is 4.72 Å². The zero-order chi connectivity index (χ0) is 15.3. The van der Waals surface area contributed by atoms with Crippen molar-refractivity contribution in [2.24, 2.45) is 0 Å². The Morgan fingerprint density at radius 3 is 2.76 bits per heavy atom. The molecule has 1 fully saturated rings. The van der Waals surface area contributed by atoms with Gasteiger partial charge in [0, 0.05) is 19.4 Å². The van der Waals surface area contributed by atoms with Gasteiger partial charge in [-0.15, -0.1) is 0 Å². The zero-order valence-corrected chi connectivity index (χ0v) is 13.9. The summed E-state index contributed by atoms with van der Waals surface area (Å²) in [6.07, 6.45) is 0.851. The highest BCUT2D eigenvalue weighted by atomic mass is 32.2. The highest BCUT2D eigenvalue weighted by Crippen LogP contribution is 2.31. The van der Waals surface area contributed by atoms with Gasteiger partial charge in [-0.25, -0.2) is 13.1 Å². The summed E-state index contributed by atoms with van der Waals surface area (Å²) in [7, 11) is -1.98. The minimum atomic E-state index is -3.61. The second-order valence-electron chi connectivity index (χ2n) is 4.89. The first kappa shape index (κ1) is 16.6. The third kappa shape index (κ3) is 3.91. The summed E-state index contributed by atoms with van der Waals surface area (Å²) < 4.78 is 38.6. The minimum Gasteiger partial charge on any atom is -0.492 e. The maximum atomic E-state index is 12.5. The maximum absolute atomic E-state index is 12.5. The van der Waals surface area contributed by atoms with Crippen LogP contribution in [0.1, 0.15) is 13.3 Å². The number of para-hydroxylation sites is 1. The standard InChI is InChI=1S/C14H21NO4S2/c1-3-19-12-6-4-5-7-13(12)21(16,17)15-10-14(18-2)8-9-20-11-14/h4-7,15H,3,8-11H2,1-2H3. The van der Waals surface area contributed by atoms with Crippen molar-refractivity contribution in [2.45, 2.75) is 23.8 Å². The normalized spacial score (nSPS) is 22.4. The summed E-state index contributed by atoms with van der Waals surface area (Å²) in [5.74, 6) is 2.17. The molecule has 1 heterocycles. The van der Waals surface area contributed by atoms with E-state index in [-0.39, 0.29) is 11.4 Å². The third-order valence-corrected chi connectivity index (χ3v) is 6.19. The van der Waals surface area contributed by atoms with E-state index in [0.29, 0.717) is 12.4 Å². The predicted molar refractivity (Wildman–Crippen MR) is 84.5 cm³/mol. The van der Waals surface area contributed by atoms with Crippen LogP contribution in [0.4, 0.5) is 0 Å². The van der Waals surface area contributed by atoms with E-state index in [1.54, 1.807) is 43.1 Å². The Hall–Kier alpha value is -0.760. The quantitative estimate of drug-likeness (QED) is 0.826. The van der Waals surface area contributed by atoms with Gasteiger partial charge < -0.3 is 9.47 Å². The Morgan fingerprint density at radius 2 is 2.14 bits per heavy atom. The van der Waals surface area contributed by atoms with Crippen molar-refractivity contribution in [1.29, 1.82) is 0 Å². The van der Waals surface area contributed by atoms with Crippen LogP contribution in [0.2, 0.25) is 0 Å². The van der Waals surface area contributed by atoms with Gasteiger partial charge >= 0.3 is 0 Å². The van der Waals surface area contributed by atoms with Crippen molar-refractivity contribution in [1.82, 2.24) is 4.72 Å². The van der Waals surface area contributed by atoms with E-state index < -0.39 is 15.6 Å². The molecule has 0 amide bonds. The monoisotopic (exact) mass is 331 g/mol. The lowest BCUT2D eigenvalue weighted by molar-refractivity contribution is 0.0179. The molecule has 5 nitrogen and oxygen atoms in total. The number of ether oxygens (including phenoxy) is 2. The molecule has 1 aliphatic rings. The minimum absolute atomic E-state index is 0.170. The molecule has 1 atom stereocenters. The highest BCUT2D eigenvalue weighted by molar-refractivity contribution is 7.99. The van der Waals surface area contributed by atoms with Gasteiger partial charge in [0.2, 0.25) is 10.0 Å². The molecule has 0 aliphatic carbocycles. The summed E-state index contributed by atoms with van der Waals surface area (Å²) in [4.78, 5) is 0.170. The summed E-state index contributed by atoms with van der Waals surface area (Å²) in [6, 6.07) is 6.66. The van der Waals surface area contributed by atoms with Crippen molar-refractivity contribution >= 4 is 21.8 Å². The van der Waals surface area contributed by atoms with Crippen molar-refractivity contribution < 1.29 is 17.9 Å². The zero-order valence-electron chi connectivity index (χ0n) is 12.3. The van der Waals surface area contributed by atoms with E-state index >= 15 is 0 Å². The number of hydrogen-bond acceptors (Lipinski definition) is 5. The van der Waals surface area contributed by atoms with Gasteiger partial charge in [-0.05, 0) is 31.2 Å². The van der Waals surface area contributed by atoms with E-state index in [0.717, 1.165) is 17.9 Å². The van der Waals surface area contributed by atoms with Crippen LogP contribution in [-0.2, 0) is 14.8 Å². The predicted octanol–water partition coefficient (Wildman–Crippen LogP) is 1.89. The molecule has 1 aliphatic heterocycles. The topological polar surface area (TPSA) is 64.6 Å². The van der Waals surface area contributed by atoms with Crippen LogP contribution in [0.3, 0.4) is 0 Å². The average Bonchev–Trinajstić information content (AvgIpc) is 2.96. The fraction of sp³-hybridized carbons (Fsp3) is 0.571. The molecule has 0 saturated carbocycles. The smallest absolute Gasteiger partial charge is 0.244 e. The third-order valence-electron chi connectivity index (χ3n) is 3.52. The second kappa shape index (κ2) is 7.00. The molecule has 2 rings (SSSR count). The fourth-order valence-corrected chi connectivity index (χ4v) is 4.87. The molecule has 21 heavy (non-hydrogen) atoms. The molecule has 7 heteroatoms. The molecule has 0 bridgehead atoms. The average molecular weight is 331 g/mol. The number of rotatable bonds is 7. The molecule has 1 aromatic rings. The summed E-state index contributed by atoms with van der Waals surface area (Å²) >= 11 is 1.78. The van der Waals surface area contributed by atoms with Crippen molar-refractivity contribution in [3.8, 4) is 5.75 Å². The van der Waals surface area contributed by atoms with Gasteiger partial charge in [0.25, 0.3) is 0 Å². The molecular formula is C14H21NO4S2. The molecule has 1 saturated heterocycles. The largest absolute Gasteiger partial charge is 0.492 e. The van der Waals surface area contributed by atoms with E-state index in [4.69, 9.17) is 9.47 Å². The van der Waals surface area contributed by atoms with E-state index in [1.807, 2.05) is 6.92 Å². The van der Waals surface area contributed by atoms with Crippen LogP contribution < -0.4 is 9.46 Å².